The maximum atomic E-state index is 12.4. The normalized spacial score (nSPS) is 24.0. The molecule has 1 aliphatic rings. The van der Waals surface area contributed by atoms with Crippen molar-refractivity contribution in [3.63, 3.8) is 0 Å². The van der Waals surface area contributed by atoms with Gasteiger partial charge in [-0.2, -0.15) is 0 Å². The van der Waals surface area contributed by atoms with Crippen LogP contribution in [0.25, 0.3) is 0 Å². The minimum atomic E-state index is -0.713. The number of carboxylic acids is 1. The molecule has 1 saturated carbocycles. The van der Waals surface area contributed by atoms with Crippen LogP contribution in [0, 0.1) is 11.8 Å². The first-order valence-electron chi connectivity index (χ1n) is 7.00. The minimum Gasteiger partial charge on any atom is -0.481 e. The highest BCUT2D eigenvalue weighted by Gasteiger charge is 2.32. The molecule has 104 valence electrons. The summed E-state index contributed by atoms with van der Waals surface area (Å²) in [6.45, 7) is 6.95. The van der Waals surface area contributed by atoms with Gasteiger partial charge in [-0.25, -0.2) is 0 Å². The predicted molar refractivity (Wildman–Crippen MR) is 70.2 cm³/mol. The fourth-order valence-corrected chi connectivity index (χ4v) is 2.69. The third-order valence-corrected chi connectivity index (χ3v) is 3.80. The SMILES string of the molecule is CCCN(C(=O)C1CCC(C(=O)O)CC1)C(C)C. The Morgan fingerprint density at radius 2 is 1.67 bits per heavy atom. The molecule has 1 amide bonds. The lowest BCUT2D eigenvalue weighted by atomic mass is 9.81. The van der Waals surface area contributed by atoms with E-state index in [9.17, 15) is 9.59 Å². The van der Waals surface area contributed by atoms with E-state index in [2.05, 4.69) is 6.92 Å². The van der Waals surface area contributed by atoms with Gasteiger partial charge in [0.1, 0.15) is 0 Å². The van der Waals surface area contributed by atoms with Crippen LogP contribution in [0.2, 0.25) is 0 Å². The van der Waals surface area contributed by atoms with Crippen LogP contribution in [-0.2, 0) is 9.59 Å². The number of carbonyl (C=O) groups is 2. The molecule has 0 aromatic heterocycles. The summed E-state index contributed by atoms with van der Waals surface area (Å²) in [7, 11) is 0. The van der Waals surface area contributed by atoms with Gasteiger partial charge in [0.2, 0.25) is 5.91 Å². The molecule has 1 N–H and O–H groups in total. The molecule has 0 aliphatic heterocycles. The Kier molecular flexibility index (Phi) is 5.63. The van der Waals surface area contributed by atoms with Gasteiger partial charge in [-0.05, 0) is 46.0 Å². The summed E-state index contributed by atoms with van der Waals surface area (Å²) < 4.78 is 0. The number of carboxylic acid groups (broad SMARTS) is 1. The monoisotopic (exact) mass is 255 g/mol. The molecule has 18 heavy (non-hydrogen) atoms. The zero-order valence-corrected chi connectivity index (χ0v) is 11.7. The predicted octanol–water partition coefficient (Wildman–Crippen LogP) is 2.52. The van der Waals surface area contributed by atoms with E-state index in [4.69, 9.17) is 5.11 Å². The van der Waals surface area contributed by atoms with Crippen molar-refractivity contribution in [3.8, 4) is 0 Å². The van der Waals surface area contributed by atoms with Gasteiger partial charge in [0, 0.05) is 18.5 Å². The van der Waals surface area contributed by atoms with Crippen LogP contribution >= 0.6 is 0 Å². The van der Waals surface area contributed by atoms with Crippen LogP contribution < -0.4 is 0 Å². The summed E-state index contributed by atoms with van der Waals surface area (Å²) in [5.74, 6) is -0.701. The van der Waals surface area contributed by atoms with E-state index in [1.807, 2.05) is 18.7 Å². The first kappa shape index (κ1) is 15.0. The highest BCUT2D eigenvalue weighted by molar-refractivity contribution is 5.79. The maximum Gasteiger partial charge on any atom is 0.306 e. The largest absolute Gasteiger partial charge is 0.481 e. The molecule has 1 fully saturated rings. The lowest BCUT2D eigenvalue weighted by Gasteiger charge is -2.33. The summed E-state index contributed by atoms with van der Waals surface area (Å²) in [5.41, 5.74) is 0. The molecule has 1 rings (SSSR count). The van der Waals surface area contributed by atoms with Crippen molar-refractivity contribution in [1.82, 2.24) is 4.90 Å². The van der Waals surface area contributed by atoms with Crippen molar-refractivity contribution in [2.75, 3.05) is 6.54 Å². The Hall–Kier alpha value is -1.06. The number of rotatable bonds is 5. The molecule has 0 aromatic rings. The highest BCUT2D eigenvalue weighted by Crippen LogP contribution is 2.30. The molecule has 0 heterocycles. The van der Waals surface area contributed by atoms with Gasteiger partial charge in [-0.15, -0.1) is 0 Å². The molecule has 0 saturated heterocycles. The highest BCUT2D eigenvalue weighted by atomic mass is 16.4. The van der Waals surface area contributed by atoms with Gasteiger partial charge in [0.25, 0.3) is 0 Å². The van der Waals surface area contributed by atoms with Crippen molar-refractivity contribution < 1.29 is 14.7 Å². The van der Waals surface area contributed by atoms with Gasteiger partial charge >= 0.3 is 5.97 Å². The number of amides is 1. The molecule has 0 bridgehead atoms. The Morgan fingerprint density at radius 1 is 1.17 bits per heavy atom. The van der Waals surface area contributed by atoms with Crippen LogP contribution in [0.15, 0.2) is 0 Å². The first-order valence-corrected chi connectivity index (χ1v) is 7.00. The number of aliphatic carboxylic acids is 1. The average molecular weight is 255 g/mol. The second kappa shape index (κ2) is 6.76. The molecule has 0 atom stereocenters. The standard InChI is InChI=1S/C14H25NO3/c1-4-9-15(10(2)3)13(16)11-5-7-12(8-6-11)14(17)18/h10-12H,4-9H2,1-3H3,(H,17,18). The second-order valence-electron chi connectivity index (χ2n) is 5.51. The third kappa shape index (κ3) is 3.72. The van der Waals surface area contributed by atoms with Gasteiger partial charge < -0.3 is 10.0 Å². The third-order valence-electron chi connectivity index (χ3n) is 3.80. The van der Waals surface area contributed by atoms with Gasteiger partial charge in [-0.3, -0.25) is 9.59 Å². The molecular weight excluding hydrogens is 230 g/mol. The van der Waals surface area contributed by atoms with Crippen molar-refractivity contribution in [3.05, 3.63) is 0 Å². The summed E-state index contributed by atoms with van der Waals surface area (Å²) in [5, 5.41) is 8.95. The molecule has 4 heteroatoms. The van der Waals surface area contributed by atoms with Crippen LogP contribution in [0.5, 0.6) is 0 Å². The number of hydrogen-bond donors (Lipinski definition) is 1. The molecule has 1 aliphatic carbocycles. The fraction of sp³-hybridized carbons (Fsp3) is 0.857. The maximum absolute atomic E-state index is 12.4. The summed E-state index contributed by atoms with van der Waals surface area (Å²) >= 11 is 0. The van der Waals surface area contributed by atoms with Gasteiger partial charge in [-0.1, -0.05) is 6.92 Å². The molecular formula is C14H25NO3. The number of hydrogen-bond acceptors (Lipinski definition) is 2. The Morgan fingerprint density at radius 3 is 2.06 bits per heavy atom. The van der Waals surface area contributed by atoms with Gasteiger partial charge in [0.15, 0.2) is 0 Å². The van der Waals surface area contributed by atoms with E-state index in [0.29, 0.717) is 12.8 Å². The summed E-state index contributed by atoms with van der Waals surface area (Å²) in [6.07, 6.45) is 3.70. The van der Waals surface area contributed by atoms with E-state index in [1.54, 1.807) is 0 Å². The zero-order valence-electron chi connectivity index (χ0n) is 11.7. The lowest BCUT2D eigenvalue weighted by molar-refractivity contribution is -0.146. The van der Waals surface area contributed by atoms with E-state index in [1.165, 1.54) is 0 Å². The van der Waals surface area contributed by atoms with Crippen molar-refractivity contribution in [2.45, 2.75) is 58.9 Å². The first-order chi connectivity index (χ1) is 8.47. The van der Waals surface area contributed by atoms with Crippen LogP contribution in [0.3, 0.4) is 0 Å². The zero-order chi connectivity index (χ0) is 13.7. The van der Waals surface area contributed by atoms with Crippen molar-refractivity contribution in [1.29, 1.82) is 0 Å². The lowest BCUT2D eigenvalue weighted by Crippen LogP contribution is -2.42. The Labute approximate surface area is 109 Å². The summed E-state index contributed by atoms with van der Waals surface area (Å²) in [4.78, 5) is 25.2. The quantitative estimate of drug-likeness (QED) is 0.821. The fourth-order valence-electron chi connectivity index (χ4n) is 2.69. The summed E-state index contributed by atoms with van der Waals surface area (Å²) in [6, 6.07) is 0.231. The smallest absolute Gasteiger partial charge is 0.306 e. The van der Waals surface area contributed by atoms with E-state index >= 15 is 0 Å². The van der Waals surface area contributed by atoms with Crippen LogP contribution in [-0.4, -0.2) is 34.5 Å². The average Bonchev–Trinajstić information content (AvgIpc) is 2.35. The molecule has 0 aromatic carbocycles. The number of carbonyl (C=O) groups excluding carboxylic acids is 1. The van der Waals surface area contributed by atoms with Crippen LogP contribution in [0.1, 0.15) is 52.9 Å². The topological polar surface area (TPSA) is 57.6 Å². The Bertz CT molecular complexity index is 293. The van der Waals surface area contributed by atoms with Crippen LogP contribution in [0.4, 0.5) is 0 Å². The van der Waals surface area contributed by atoms with Gasteiger partial charge in [0.05, 0.1) is 5.92 Å². The second-order valence-corrected chi connectivity index (χ2v) is 5.51. The molecule has 0 radical (unpaired) electrons. The molecule has 0 unspecified atom stereocenters. The van der Waals surface area contributed by atoms with Crippen molar-refractivity contribution >= 4 is 11.9 Å². The van der Waals surface area contributed by atoms with E-state index in [0.717, 1.165) is 25.8 Å². The van der Waals surface area contributed by atoms with Crippen molar-refractivity contribution in [2.24, 2.45) is 11.8 Å². The minimum absolute atomic E-state index is 0.0366. The Balaban J connectivity index is 2.55. The number of nitrogens with zero attached hydrogens (tertiary/aromatic N) is 1. The van der Waals surface area contributed by atoms with E-state index < -0.39 is 5.97 Å². The molecule has 0 spiro atoms. The molecule has 4 nitrogen and oxygen atoms in total. The van der Waals surface area contributed by atoms with E-state index in [-0.39, 0.29) is 23.8 Å².